The van der Waals surface area contributed by atoms with Crippen molar-refractivity contribution in [1.82, 2.24) is 9.71 Å². The third-order valence-corrected chi connectivity index (χ3v) is 3.49. The molecule has 0 aliphatic heterocycles. The number of rotatable bonds is 5. The van der Waals surface area contributed by atoms with Crippen molar-refractivity contribution in [1.29, 1.82) is 0 Å². The Hall–Kier alpha value is -0.980. The number of nitrogens with one attached hydrogen (secondary N) is 1. The van der Waals surface area contributed by atoms with Gasteiger partial charge in [-0.1, -0.05) is 6.92 Å². The summed E-state index contributed by atoms with van der Waals surface area (Å²) in [6.07, 6.45) is 3.31. The Labute approximate surface area is 89.2 Å². The van der Waals surface area contributed by atoms with Crippen LogP contribution in [-0.2, 0) is 10.0 Å². The van der Waals surface area contributed by atoms with Crippen LogP contribution in [0.3, 0.4) is 0 Å². The van der Waals surface area contributed by atoms with Gasteiger partial charge >= 0.3 is 0 Å². The van der Waals surface area contributed by atoms with E-state index >= 15 is 0 Å². The maximum absolute atomic E-state index is 11.7. The first-order chi connectivity index (χ1) is 7.10. The van der Waals surface area contributed by atoms with Gasteiger partial charge in [0.15, 0.2) is 0 Å². The second-order valence-corrected chi connectivity index (χ2v) is 4.81. The fraction of sp³-hybridized carbons (Fsp3) is 0.444. The zero-order valence-corrected chi connectivity index (χ0v) is 9.24. The van der Waals surface area contributed by atoms with Crippen molar-refractivity contribution in [2.24, 2.45) is 0 Å². The zero-order valence-electron chi connectivity index (χ0n) is 8.42. The van der Waals surface area contributed by atoms with Crippen molar-refractivity contribution < 1.29 is 13.5 Å². The van der Waals surface area contributed by atoms with Gasteiger partial charge in [0.1, 0.15) is 4.90 Å². The summed E-state index contributed by atoms with van der Waals surface area (Å²) in [5.74, 6) is 0. The maximum atomic E-state index is 11.7. The van der Waals surface area contributed by atoms with Crippen LogP contribution in [0.4, 0.5) is 0 Å². The highest BCUT2D eigenvalue weighted by Crippen LogP contribution is 2.07. The van der Waals surface area contributed by atoms with Crippen molar-refractivity contribution >= 4 is 10.0 Å². The van der Waals surface area contributed by atoms with Crippen LogP contribution in [-0.4, -0.2) is 31.2 Å². The summed E-state index contributed by atoms with van der Waals surface area (Å²) in [5, 5.41) is 8.89. The van der Waals surface area contributed by atoms with Gasteiger partial charge in [0, 0.05) is 18.4 Å². The molecule has 84 valence electrons. The lowest BCUT2D eigenvalue weighted by Gasteiger charge is -2.13. The van der Waals surface area contributed by atoms with Gasteiger partial charge in [0.25, 0.3) is 0 Å². The molecular formula is C9H14N2O3S. The van der Waals surface area contributed by atoms with Gasteiger partial charge in [-0.05, 0) is 18.6 Å². The minimum atomic E-state index is -3.56. The Bertz CT molecular complexity index is 387. The highest BCUT2D eigenvalue weighted by molar-refractivity contribution is 7.89. The van der Waals surface area contributed by atoms with Crippen LogP contribution in [0.1, 0.15) is 13.3 Å². The summed E-state index contributed by atoms with van der Waals surface area (Å²) in [6, 6.07) is 2.56. The Morgan fingerprint density at radius 2 is 2.33 bits per heavy atom. The second kappa shape index (κ2) is 5.20. The van der Waals surface area contributed by atoms with Crippen LogP contribution >= 0.6 is 0 Å². The zero-order chi connectivity index (χ0) is 11.3. The molecule has 6 heteroatoms. The van der Waals surface area contributed by atoms with Crippen molar-refractivity contribution in [3.63, 3.8) is 0 Å². The predicted molar refractivity (Wildman–Crippen MR) is 55.7 cm³/mol. The lowest BCUT2D eigenvalue weighted by Crippen LogP contribution is -2.36. The average Bonchev–Trinajstić information content (AvgIpc) is 2.27. The van der Waals surface area contributed by atoms with Crippen molar-refractivity contribution in [3.8, 4) is 0 Å². The number of hydrogen-bond donors (Lipinski definition) is 2. The first kappa shape index (κ1) is 12.1. The van der Waals surface area contributed by atoms with Crippen LogP contribution in [0.2, 0.25) is 0 Å². The normalized spacial score (nSPS) is 13.7. The van der Waals surface area contributed by atoms with Crippen LogP contribution in [0.25, 0.3) is 0 Å². The minimum Gasteiger partial charge on any atom is -0.395 e. The van der Waals surface area contributed by atoms with E-state index in [2.05, 4.69) is 9.71 Å². The molecular weight excluding hydrogens is 216 g/mol. The molecule has 0 amide bonds. The minimum absolute atomic E-state index is 0.108. The number of nitrogens with zero attached hydrogens (tertiary/aromatic N) is 1. The summed E-state index contributed by atoms with van der Waals surface area (Å²) >= 11 is 0. The monoisotopic (exact) mass is 230 g/mol. The van der Waals surface area contributed by atoms with E-state index < -0.39 is 16.1 Å². The Kier molecular flexibility index (Phi) is 4.19. The molecule has 1 heterocycles. The van der Waals surface area contributed by atoms with Gasteiger partial charge in [-0.15, -0.1) is 0 Å². The molecule has 0 spiro atoms. The fourth-order valence-electron chi connectivity index (χ4n) is 1.04. The van der Waals surface area contributed by atoms with E-state index in [0.29, 0.717) is 6.42 Å². The topological polar surface area (TPSA) is 79.3 Å². The lowest BCUT2D eigenvalue weighted by molar-refractivity contribution is 0.254. The number of pyridine rings is 1. The highest BCUT2D eigenvalue weighted by atomic mass is 32.2. The molecule has 0 aliphatic rings. The second-order valence-electron chi connectivity index (χ2n) is 3.10. The third-order valence-electron chi connectivity index (χ3n) is 1.98. The highest BCUT2D eigenvalue weighted by Gasteiger charge is 2.18. The van der Waals surface area contributed by atoms with Gasteiger partial charge in [-0.25, -0.2) is 13.1 Å². The van der Waals surface area contributed by atoms with Crippen molar-refractivity contribution in [3.05, 3.63) is 24.5 Å². The molecule has 1 rings (SSSR count). The summed E-state index contributed by atoms with van der Waals surface area (Å²) in [7, 11) is -3.56. The van der Waals surface area contributed by atoms with E-state index in [4.69, 9.17) is 5.11 Å². The largest absolute Gasteiger partial charge is 0.395 e. The Balaban J connectivity index is 2.85. The summed E-state index contributed by atoms with van der Waals surface area (Å²) in [5.41, 5.74) is 0. The molecule has 1 atom stereocenters. The quantitative estimate of drug-likeness (QED) is 0.753. The van der Waals surface area contributed by atoms with Crippen LogP contribution in [0.15, 0.2) is 29.4 Å². The van der Waals surface area contributed by atoms with Gasteiger partial charge < -0.3 is 5.11 Å². The fourth-order valence-corrected chi connectivity index (χ4v) is 2.32. The summed E-state index contributed by atoms with van der Waals surface area (Å²) in [4.78, 5) is 3.84. The van der Waals surface area contributed by atoms with Crippen LogP contribution < -0.4 is 4.72 Å². The van der Waals surface area contributed by atoms with Gasteiger partial charge in [0.2, 0.25) is 10.0 Å². The van der Waals surface area contributed by atoms with E-state index in [-0.39, 0.29) is 11.5 Å². The van der Waals surface area contributed by atoms with Gasteiger partial charge in [-0.2, -0.15) is 0 Å². The molecule has 0 aliphatic carbocycles. The molecule has 0 saturated heterocycles. The maximum Gasteiger partial charge on any atom is 0.242 e. The molecule has 0 unspecified atom stereocenters. The number of aliphatic hydroxyl groups is 1. The number of aliphatic hydroxyl groups excluding tert-OH is 1. The van der Waals surface area contributed by atoms with E-state index in [1.54, 1.807) is 13.0 Å². The molecule has 0 bridgehead atoms. The summed E-state index contributed by atoms with van der Waals surface area (Å²) < 4.78 is 25.8. The molecule has 2 N–H and O–H groups in total. The van der Waals surface area contributed by atoms with E-state index in [9.17, 15) is 8.42 Å². The Morgan fingerprint density at radius 3 is 2.80 bits per heavy atom. The van der Waals surface area contributed by atoms with Gasteiger partial charge in [-0.3, -0.25) is 4.98 Å². The molecule has 1 aromatic rings. The lowest BCUT2D eigenvalue weighted by atomic mass is 10.3. The number of aromatic nitrogens is 1. The molecule has 5 nitrogen and oxygen atoms in total. The average molecular weight is 230 g/mol. The molecule has 1 aromatic heterocycles. The predicted octanol–water partition coefficient (Wildman–Crippen LogP) is 0.131. The number of sulfonamides is 1. The van der Waals surface area contributed by atoms with E-state index in [1.165, 1.54) is 18.5 Å². The molecule has 0 radical (unpaired) electrons. The van der Waals surface area contributed by atoms with Gasteiger partial charge in [0.05, 0.1) is 6.61 Å². The standard InChI is InChI=1S/C9H14N2O3S/c1-2-8(7-12)11-15(13,14)9-4-3-5-10-6-9/h3-6,8,11-12H,2,7H2,1H3/t8-/m0/s1. The molecule has 0 saturated carbocycles. The first-order valence-electron chi connectivity index (χ1n) is 4.63. The molecule has 15 heavy (non-hydrogen) atoms. The van der Waals surface area contributed by atoms with Crippen molar-refractivity contribution in [2.45, 2.75) is 24.3 Å². The molecule has 0 aromatic carbocycles. The van der Waals surface area contributed by atoms with Crippen molar-refractivity contribution in [2.75, 3.05) is 6.61 Å². The first-order valence-corrected chi connectivity index (χ1v) is 6.11. The Morgan fingerprint density at radius 1 is 1.60 bits per heavy atom. The smallest absolute Gasteiger partial charge is 0.242 e. The number of hydrogen-bond acceptors (Lipinski definition) is 4. The van der Waals surface area contributed by atoms with Crippen LogP contribution in [0.5, 0.6) is 0 Å². The van der Waals surface area contributed by atoms with E-state index in [0.717, 1.165) is 0 Å². The third kappa shape index (κ3) is 3.26. The van der Waals surface area contributed by atoms with Crippen LogP contribution in [0, 0.1) is 0 Å². The molecule has 0 fully saturated rings. The summed E-state index contributed by atoms with van der Waals surface area (Å²) in [6.45, 7) is 1.59. The SMILES string of the molecule is CC[C@@H](CO)NS(=O)(=O)c1cccnc1. The van der Waals surface area contributed by atoms with E-state index in [1.807, 2.05) is 0 Å².